The lowest BCUT2D eigenvalue weighted by Gasteiger charge is -2.06. The third kappa shape index (κ3) is 4.25. The van der Waals surface area contributed by atoms with Gasteiger partial charge in [0.15, 0.2) is 5.78 Å². The van der Waals surface area contributed by atoms with Gasteiger partial charge in [0.1, 0.15) is 0 Å². The molecule has 0 spiro atoms. The fourth-order valence-corrected chi connectivity index (χ4v) is 2.29. The van der Waals surface area contributed by atoms with E-state index in [1.165, 1.54) is 18.3 Å². The summed E-state index contributed by atoms with van der Waals surface area (Å²) in [5.41, 5.74) is 1.16. The van der Waals surface area contributed by atoms with Gasteiger partial charge in [0, 0.05) is 11.3 Å². The maximum Gasteiger partial charge on any atom is 0.261 e. The second-order valence-corrected chi connectivity index (χ2v) is 5.29. The van der Waals surface area contributed by atoms with Crippen LogP contribution in [0.4, 0.5) is 5.69 Å². The second kappa shape index (κ2) is 6.81. The molecule has 2 rings (SSSR count). The van der Waals surface area contributed by atoms with Crippen LogP contribution in [0.25, 0.3) is 0 Å². The molecule has 0 radical (unpaired) electrons. The molecule has 1 aromatic heterocycles. The lowest BCUT2D eigenvalue weighted by atomic mass is 10.1. The van der Waals surface area contributed by atoms with Crippen molar-refractivity contribution >= 4 is 34.6 Å². The molecule has 0 aliphatic carbocycles. The highest BCUT2D eigenvalue weighted by Crippen LogP contribution is 2.10. The molecule has 2 aromatic rings. The van der Waals surface area contributed by atoms with Crippen LogP contribution < -0.4 is 10.6 Å². The highest BCUT2D eigenvalue weighted by Gasteiger charge is 2.09. The quantitative estimate of drug-likeness (QED) is 0.832. The molecule has 2 N–H and O–H groups in total. The van der Waals surface area contributed by atoms with Gasteiger partial charge in [0.25, 0.3) is 5.91 Å². The molecule has 0 aliphatic heterocycles. The van der Waals surface area contributed by atoms with Gasteiger partial charge >= 0.3 is 0 Å². The second-order valence-electron chi connectivity index (χ2n) is 4.34. The highest BCUT2D eigenvalue weighted by molar-refractivity contribution is 7.12. The summed E-state index contributed by atoms with van der Waals surface area (Å²) in [4.78, 5) is 35.1. The topological polar surface area (TPSA) is 75.3 Å². The Morgan fingerprint density at radius 2 is 1.81 bits per heavy atom. The minimum absolute atomic E-state index is 0.0314. The molecule has 0 saturated heterocycles. The Bertz CT molecular complexity index is 648. The van der Waals surface area contributed by atoms with Crippen LogP contribution in [-0.2, 0) is 4.79 Å². The number of ketones is 1. The number of amides is 2. The lowest BCUT2D eigenvalue weighted by molar-refractivity contribution is -0.115. The Labute approximate surface area is 126 Å². The smallest absolute Gasteiger partial charge is 0.261 e. The van der Waals surface area contributed by atoms with Crippen molar-refractivity contribution in [3.63, 3.8) is 0 Å². The fraction of sp³-hybridized carbons (Fsp3) is 0.133. The first-order valence-corrected chi connectivity index (χ1v) is 7.17. The Balaban J connectivity index is 1.84. The zero-order valence-corrected chi connectivity index (χ0v) is 12.2. The summed E-state index contributed by atoms with van der Waals surface area (Å²) in [6, 6.07) is 10.0. The SMILES string of the molecule is CC(=O)c1ccc(NC(=O)CNC(=O)c2cccs2)cc1. The number of Topliss-reactive ketones (excluding diaryl/α,β-unsaturated/α-hetero) is 1. The number of hydrogen-bond donors (Lipinski definition) is 2. The van der Waals surface area contributed by atoms with Gasteiger partial charge in [-0.05, 0) is 42.6 Å². The standard InChI is InChI=1S/C15H14N2O3S/c1-10(18)11-4-6-12(7-5-11)17-14(19)9-16-15(20)13-3-2-8-21-13/h2-8H,9H2,1H3,(H,16,20)(H,17,19). The summed E-state index contributed by atoms with van der Waals surface area (Å²) in [5, 5.41) is 6.98. The van der Waals surface area contributed by atoms with Crippen LogP contribution in [0, 0.1) is 0 Å². The Morgan fingerprint density at radius 1 is 1.10 bits per heavy atom. The summed E-state index contributed by atoms with van der Waals surface area (Å²) in [6.45, 7) is 1.37. The van der Waals surface area contributed by atoms with Crippen molar-refractivity contribution < 1.29 is 14.4 Å². The third-order valence-electron chi connectivity index (χ3n) is 2.73. The van der Waals surface area contributed by atoms with E-state index in [0.29, 0.717) is 16.1 Å². The Morgan fingerprint density at radius 3 is 2.38 bits per heavy atom. The van der Waals surface area contributed by atoms with E-state index in [4.69, 9.17) is 0 Å². The first kappa shape index (κ1) is 14.9. The monoisotopic (exact) mass is 302 g/mol. The van der Waals surface area contributed by atoms with Crippen molar-refractivity contribution in [2.75, 3.05) is 11.9 Å². The molecule has 1 heterocycles. The zero-order chi connectivity index (χ0) is 15.2. The summed E-state index contributed by atoms with van der Waals surface area (Å²) in [6.07, 6.45) is 0. The molecule has 0 atom stereocenters. The Hall–Kier alpha value is -2.47. The first-order valence-electron chi connectivity index (χ1n) is 6.29. The van der Waals surface area contributed by atoms with Crippen molar-refractivity contribution in [2.45, 2.75) is 6.92 Å². The minimum Gasteiger partial charge on any atom is -0.342 e. The average Bonchev–Trinajstić information content (AvgIpc) is 2.99. The van der Waals surface area contributed by atoms with Gasteiger partial charge in [0.2, 0.25) is 5.91 Å². The lowest BCUT2D eigenvalue weighted by Crippen LogP contribution is -2.32. The van der Waals surface area contributed by atoms with E-state index in [9.17, 15) is 14.4 Å². The molecule has 21 heavy (non-hydrogen) atoms. The average molecular weight is 302 g/mol. The fourth-order valence-electron chi connectivity index (χ4n) is 1.65. The molecule has 2 amide bonds. The molecule has 5 nitrogen and oxygen atoms in total. The number of carbonyl (C=O) groups is 3. The summed E-state index contributed by atoms with van der Waals surface area (Å²) >= 11 is 1.32. The molecule has 6 heteroatoms. The Kier molecular flexibility index (Phi) is 4.84. The number of nitrogens with one attached hydrogen (secondary N) is 2. The molecule has 0 unspecified atom stereocenters. The van der Waals surface area contributed by atoms with Gasteiger partial charge in [-0.3, -0.25) is 14.4 Å². The molecular weight excluding hydrogens is 288 g/mol. The summed E-state index contributed by atoms with van der Waals surface area (Å²) in [5.74, 6) is -0.626. The number of carbonyl (C=O) groups excluding carboxylic acids is 3. The van der Waals surface area contributed by atoms with E-state index in [1.54, 1.807) is 41.8 Å². The predicted molar refractivity (Wildman–Crippen MR) is 81.7 cm³/mol. The van der Waals surface area contributed by atoms with Gasteiger partial charge in [0.05, 0.1) is 11.4 Å². The first-order chi connectivity index (χ1) is 10.1. The predicted octanol–water partition coefficient (Wildman–Crippen LogP) is 2.32. The van der Waals surface area contributed by atoms with Gasteiger partial charge < -0.3 is 10.6 Å². The van der Waals surface area contributed by atoms with E-state index in [1.807, 2.05) is 0 Å². The number of benzene rings is 1. The number of hydrogen-bond acceptors (Lipinski definition) is 4. The molecule has 0 aliphatic rings. The van der Waals surface area contributed by atoms with E-state index in [-0.39, 0.29) is 24.1 Å². The molecule has 1 aromatic carbocycles. The number of anilines is 1. The molecule has 108 valence electrons. The van der Waals surface area contributed by atoms with Gasteiger partial charge in [-0.15, -0.1) is 11.3 Å². The normalized spacial score (nSPS) is 9.95. The van der Waals surface area contributed by atoms with E-state index in [0.717, 1.165) is 0 Å². The van der Waals surface area contributed by atoms with Crippen molar-refractivity contribution in [1.82, 2.24) is 5.32 Å². The number of rotatable bonds is 5. The van der Waals surface area contributed by atoms with E-state index < -0.39 is 0 Å². The van der Waals surface area contributed by atoms with Crippen molar-refractivity contribution in [3.05, 3.63) is 52.2 Å². The van der Waals surface area contributed by atoms with Gasteiger partial charge in [-0.2, -0.15) is 0 Å². The molecule has 0 fully saturated rings. The van der Waals surface area contributed by atoms with Crippen molar-refractivity contribution in [1.29, 1.82) is 0 Å². The van der Waals surface area contributed by atoms with Gasteiger partial charge in [-0.1, -0.05) is 6.07 Å². The molecular formula is C15H14N2O3S. The van der Waals surface area contributed by atoms with Crippen LogP contribution in [0.15, 0.2) is 41.8 Å². The van der Waals surface area contributed by atoms with Crippen LogP contribution in [0.1, 0.15) is 27.0 Å². The van der Waals surface area contributed by atoms with Crippen LogP contribution >= 0.6 is 11.3 Å². The maximum atomic E-state index is 11.7. The van der Waals surface area contributed by atoms with E-state index >= 15 is 0 Å². The van der Waals surface area contributed by atoms with Crippen LogP contribution in [0.2, 0.25) is 0 Å². The van der Waals surface area contributed by atoms with Gasteiger partial charge in [-0.25, -0.2) is 0 Å². The number of thiophene rings is 1. The van der Waals surface area contributed by atoms with E-state index in [2.05, 4.69) is 10.6 Å². The largest absolute Gasteiger partial charge is 0.342 e. The summed E-state index contributed by atoms with van der Waals surface area (Å²) in [7, 11) is 0. The van der Waals surface area contributed by atoms with Crippen molar-refractivity contribution in [2.24, 2.45) is 0 Å². The molecule has 0 saturated carbocycles. The minimum atomic E-state index is -0.324. The summed E-state index contributed by atoms with van der Waals surface area (Å²) < 4.78 is 0. The third-order valence-corrected chi connectivity index (χ3v) is 3.60. The zero-order valence-electron chi connectivity index (χ0n) is 11.4. The van der Waals surface area contributed by atoms with Crippen LogP contribution in [0.3, 0.4) is 0 Å². The van der Waals surface area contributed by atoms with Crippen LogP contribution in [0.5, 0.6) is 0 Å². The maximum absolute atomic E-state index is 11.7. The molecule has 0 bridgehead atoms. The van der Waals surface area contributed by atoms with Crippen molar-refractivity contribution in [3.8, 4) is 0 Å². The van der Waals surface area contributed by atoms with Crippen LogP contribution in [-0.4, -0.2) is 24.1 Å². The highest BCUT2D eigenvalue weighted by atomic mass is 32.1.